The number of aryl methyl sites for hydroxylation is 1. The second-order valence-electron chi connectivity index (χ2n) is 3.62. The minimum Gasteiger partial charge on any atom is -0.454 e. The van der Waals surface area contributed by atoms with Gasteiger partial charge in [-0.2, -0.15) is 0 Å². The van der Waals surface area contributed by atoms with Gasteiger partial charge in [0, 0.05) is 17.0 Å². The number of aromatic nitrogens is 1. The molecule has 1 aromatic carbocycles. The molecule has 0 unspecified atom stereocenters. The minimum atomic E-state index is 0.869. The van der Waals surface area contributed by atoms with E-state index < -0.39 is 0 Å². The largest absolute Gasteiger partial charge is 0.454 e. The third kappa shape index (κ3) is 1.14. The van der Waals surface area contributed by atoms with Crippen LogP contribution in [0.15, 0.2) is 41.1 Å². The van der Waals surface area contributed by atoms with Gasteiger partial charge in [0.25, 0.3) is 0 Å². The summed E-state index contributed by atoms with van der Waals surface area (Å²) in [6.07, 6.45) is 4.56. The Morgan fingerprint density at radius 3 is 3.00 bits per heavy atom. The number of hydrogen-bond acceptors (Lipinski definition) is 2. The van der Waals surface area contributed by atoms with Crippen molar-refractivity contribution in [3.05, 3.63) is 42.2 Å². The summed E-state index contributed by atoms with van der Waals surface area (Å²) < 4.78 is 5.81. The Balaban J connectivity index is 2.53. The first-order valence-electron chi connectivity index (χ1n) is 5.14. The number of fused-ring (bicyclic) bond motifs is 3. The van der Waals surface area contributed by atoms with Crippen LogP contribution in [0.25, 0.3) is 21.9 Å². The van der Waals surface area contributed by atoms with E-state index in [9.17, 15) is 0 Å². The standard InChI is InChI=1S/C13H11NO/c1-2-9-4-3-5-11-10-6-7-14-8-12(10)15-13(9)11/h3-8H,2H2,1H3. The normalized spacial score (nSPS) is 11.3. The van der Waals surface area contributed by atoms with Gasteiger partial charge in [0.1, 0.15) is 5.58 Å². The highest BCUT2D eigenvalue weighted by Gasteiger charge is 2.08. The lowest BCUT2D eigenvalue weighted by Gasteiger charge is -1.95. The van der Waals surface area contributed by atoms with Crippen LogP contribution in [0.4, 0.5) is 0 Å². The van der Waals surface area contributed by atoms with Crippen LogP contribution in [-0.2, 0) is 6.42 Å². The lowest BCUT2D eigenvalue weighted by molar-refractivity contribution is 0.661. The Bertz CT molecular complexity index is 625. The zero-order valence-electron chi connectivity index (χ0n) is 8.53. The van der Waals surface area contributed by atoms with Crippen LogP contribution in [-0.4, -0.2) is 4.98 Å². The van der Waals surface area contributed by atoms with Crippen LogP contribution >= 0.6 is 0 Å². The highest BCUT2D eigenvalue weighted by Crippen LogP contribution is 2.30. The highest BCUT2D eigenvalue weighted by atomic mass is 16.3. The molecule has 15 heavy (non-hydrogen) atoms. The van der Waals surface area contributed by atoms with E-state index in [-0.39, 0.29) is 0 Å². The number of pyridine rings is 1. The quantitative estimate of drug-likeness (QED) is 0.596. The lowest BCUT2D eigenvalue weighted by atomic mass is 10.1. The molecule has 3 aromatic rings. The zero-order chi connectivity index (χ0) is 10.3. The summed E-state index contributed by atoms with van der Waals surface area (Å²) in [5.41, 5.74) is 3.13. The Labute approximate surface area is 87.5 Å². The molecule has 0 aliphatic heterocycles. The van der Waals surface area contributed by atoms with E-state index in [1.54, 1.807) is 12.4 Å². The fourth-order valence-corrected chi connectivity index (χ4v) is 1.99. The molecular weight excluding hydrogens is 186 g/mol. The van der Waals surface area contributed by atoms with Crippen LogP contribution in [0.2, 0.25) is 0 Å². The number of hydrogen-bond donors (Lipinski definition) is 0. The lowest BCUT2D eigenvalue weighted by Crippen LogP contribution is -1.78. The van der Waals surface area contributed by atoms with Gasteiger partial charge in [0.2, 0.25) is 0 Å². The van der Waals surface area contributed by atoms with Crippen molar-refractivity contribution in [2.24, 2.45) is 0 Å². The predicted octanol–water partition coefficient (Wildman–Crippen LogP) is 3.54. The van der Waals surface area contributed by atoms with E-state index in [2.05, 4.69) is 30.1 Å². The summed E-state index contributed by atoms with van der Waals surface area (Å²) >= 11 is 0. The van der Waals surface area contributed by atoms with Crippen molar-refractivity contribution in [1.29, 1.82) is 0 Å². The topological polar surface area (TPSA) is 26.0 Å². The highest BCUT2D eigenvalue weighted by molar-refractivity contribution is 6.05. The number of nitrogens with zero attached hydrogens (tertiary/aromatic N) is 1. The van der Waals surface area contributed by atoms with Gasteiger partial charge in [-0.05, 0) is 18.1 Å². The molecule has 0 fully saturated rings. The molecule has 0 spiro atoms. The molecule has 0 saturated carbocycles. The van der Waals surface area contributed by atoms with Crippen molar-refractivity contribution in [3.8, 4) is 0 Å². The number of rotatable bonds is 1. The molecule has 2 heteroatoms. The Morgan fingerprint density at radius 1 is 1.20 bits per heavy atom. The van der Waals surface area contributed by atoms with Gasteiger partial charge in [-0.15, -0.1) is 0 Å². The molecular formula is C13H11NO. The molecule has 2 heterocycles. The summed E-state index contributed by atoms with van der Waals surface area (Å²) in [5, 5.41) is 2.34. The molecule has 2 nitrogen and oxygen atoms in total. The van der Waals surface area contributed by atoms with Crippen molar-refractivity contribution in [3.63, 3.8) is 0 Å². The van der Waals surface area contributed by atoms with E-state index in [4.69, 9.17) is 4.42 Å². The molecule has 0 N–H and O–H groups in total. The molecule has 0 atom stereocenters. The monoisotopic (exact) mass is 197 g/mol. The summed E-state index contributed by atoms with van der Waals surface area (Å²) in [4.78, 5) is 4.07. The summed E-state index contributed by atoms with van der Waals surface area (Å²) in [6.45, 7) is 2.14. The molecule has 0 radical (unpaired) electrons. The van der Waals surface area contributed by atoms with Crippen LogP contribution in [0.3, 0.4) is 0 Å². The summed E-state index contributed by atoms with van der Waals surface area (Å²) in [7, 11) is 0. The Kier molecular flexibility index (Phi) is 1.75. The van der Waals surface area contributed by atoms with Gasteiger partial charge in [-0.25, -0.2) is 0 Å². The molecule has 0 aliphatic carbocycles. The van der Waals surface area contributed by atoms with Gasteiger partial charge in [0.15, 0.2) is 5.58 Å². The maximum absolute atomic E-state index is 5.81. The third-order valence-corrected chi connectivity index (χ3v) is 2.76. The second kappa shape index (κ2) is 3.09. The number of furan rings is 1. The van der Waals surface area contributed by atoms with Crippen molar-refractivity contribution in [1.82, 2.24) is 4.98 Å². The molecule has 0 saturated heterocycles. The predicted molar refractivity (Wildman–Crippen MR) is 60.9 cm³/mol. The van der Waals surface area contributed by atoms with E-state index in [1.807, 2.05) is 6.07 Å². The van der Waals surface area contributed by atoms with E-state index in [1.165, 1.54) is 10.9 Å². The molecule has 0 aliphatic rings. The Morgan fingerprint density at radius 2 is 2.13 bits per heavy atom. The number of benzene rings is 1. The van der Waals surface area contributed by atoms with E-state index in [0.29, 0.717) is 0 Å². The number of para-hydroxylation sites is 1. The van der Waals surface area contributed by atoms with E-state index >= 15 is 0 Å². The smallest absolute Gasteiger partial charge is 0.153 e. The third-order valence-electron chi connectivity index (χ3n) is 2.76. The van der Waals surface area contributed by atoms with Gasteiger partial charge in [0.05, 0.1) is 6.20 Å². The van der Waals surface area contributed by atoms with Gasteiger partial charge in [-0.1, -0.05) is 25.1 Å². The average Bonchev–Trinajstić information content (AvgIpc) is 2.67. The SMILES string of the molecule is CCc1cccc2c1oc1cnccc12. The Hall–Kier alpha value is -1.83. The first-order chi connectivity index (χ1) is 7.40. The first-order valence-corrected chi connectivity index (χ1v) is 5.14. The molecule has 74 valence electrons. The summed E-state index contributed by atoms with van der Waals surface area (Å²) in [6, 6.07) is 8.29. The zero-order valence-corrected chi connectivity index (χ0v) is 8.53. The fraction of sp³-hybridized carbons (Fsp3) is 0.154. The van der Waals surface area contributed by atoms with Crippen molar-refractivity contribution in [2.45, 2.75) is 13.3 Å². The van der Waals surface area contributed by atoms with Gasteiger partial charge in [-0.3, -0.25) is 4.98 Å². The van der Waals surface area contributed by atoms with Crippen molar-refractivity contribution >= 4 is 21.9 Å². The molecule has 0 amide bonds. The van der Waals surface area contributed by atoms with Crippen LogP contribution in [0.1, 0.15) is 12.5 Å². The van der Waals surface area contributed by atoms with Gasteiger partial charge < -0.3 is 4.42 Å². The fourth-order valence-electron chi connectivity index (χ4n) is 1.99. The average molecular weight is 197 g/mol. The maximum Gasteiger partial charge on any atom is 0.153 e. The molecule has 0 bridgehead atoms. The minimum absolute atomic E-state index is 0.869. The van der Waals surface area contributed by atoms with Crippen molar-refractivity contribution < 1.29 is 4.42 Å². The van der Waals surface area contributed by atoms with Crippen LogP contribution in [0, 0.1) is 0 Å². The second-order valence-corrected chi connectivity index (χ2v) is 3.62. The molecule has 3 rings (SSSR count). The first kappa shape index (κ1) is 8.48. The van der Waals surface area contributed by atoms with Crippen molar-refractivity contribution in [2.75, 3.05) is 0 Å². The molecule has 2 aromatic heterocycles. The van der Waals surface area contributed by atoms with Gasteiger partial charge >= 0.3 is 0 Å². The maximum atomic E-state index is 5.81. The summed E-state index contributed by atoms with van der Waals surface area (Å²) in [5.74, 6) is 0. The van der Waals surface area contributed by atoms with Crippen LogP contribution in [0.5, 0.6) is 0 Å². The van der Waals surface area contributed by atoms with Crippen LogP contribution < -0.4 is 0 Å². The van der Waals surface area contributed by atoms with E-state index in [0.717, 1.165) is 23.0 Å².